The molecule has 1 N–H and O–H groups in total. The quantitative estimate of drug-likeness (QED) is 0.876. The van der Waals surface area contributed by atoms with E-state index in [-0.39, 0.29) is 11.8 Å². The minimum absolute atomic E-state index is 0.0931. The van der Waals surface area contributed by atoms with Crippen LogP contribution in [0.5, 0.6) is 0 Å². The molecule has 0 aromatic heterocycles. The lowest BCUT2D eigenvalue weighted by atomic mass is 9.92. The van der Waals surface area contributed by atoms with Crippen LogP contribution in [-0.2, 0) is 27.3 Å². The summed E-state index contributed by atoms with van der Waals surface area (Å²) in [6.07, 6.45) is 1.06. The molecule has 5 nitrogen and oxygen atoms in total. The van der Waals surface area contributed by atoms with Crippen molar-refractivity contribution >= 4 is 11.9 Å². The average Bonchev–Trinajstić information content (AvgIpc) is 2.99. The van der Waals surface area contributed by atoms with Crippen molar-refractivity contribution in [2.24, 2.45) is 5.92 Å². The third kappa shape index (κ3) is 2.29. The number of fused-ring (bicyclic) bond motifs is 1. The van der Waals surface area contributed by atoms with Crippen molar-refractivity contribution in [3.63, 3.8) is 0 Å². The molecule has 2 heterocycles. The number of aliphatic carboxylic acids is 1. The van der Waals surface area contributed by atoms with Gasteiger partial charge in [0.1, 0.15) is 6.04 Å². The fourth-order valence-electron chi connectivity index (χ4n) is 2.94. The predicted octanol–water partition coefficient (Wildman–Crippen LogP) is 1.06. The monoisotopic (exact) mass is 275 g/mol. The average molecular weight is 275 g/mol. The molecule has 0 radical (unpaired) electrons. The van der Waals surface area contributed by atoms with Crippen LogP contribution in [0, 0.1) is 5.92 Å². The van der Waals surface area contributed by atoms with Gasteiger partial charge in [-0.3, -0.25) is 4.79 Å². The molecule has 2 atom stereocenters. The molecule has 1 amide bonds. The number of amides is 1. The topological polar surface area (TPSA) is 66.8 Å². The molecule has 1 aromatic rings. The Balaban J connectivity index is 1.88. The van der Waals surface area contributed by atoms with Crippen LogP contribution in [0.25, 0.3) is 0 Å². The number of hydrogen-bond donors (Lipinski definition) is 1. The fraction of sp³-hybridized carbons (Fsp3) is 0.467. The Kier molecular flexibility index (Phi) is 3.44. The Bertz CT molecular complexity index is 536. The molecule has 0 spiro atoms. The lowest BCUT2D eigenvalue weighted by Gasteiger charge is -2.35. The standard InChI is InChI=1S/C15H17NO4/c17-14(12-5-6-20-9-12)16-8-11-4-2-1-3-10(11)7-13(16)15(18)19/h1-4,12-13H,5-9H2,(H,18,19)/t12-,13+/m0/s1. The third-order valence-electron chi connectivity index (χ3n) is 4.10. The van der Waals surface area contributed by atoms with Crippen LogP contribution in [0.4, 0.5) is 0 Å². The Labute approximate surface area is 117 Å². The second kappa shape index (κ2) is 5.25. The highest BCUT2D eigenvalue weighted by Crippen LogP contribution is 2.26. The van der Waals surface area contributed by atoms with Gasteiger partial charge >= 0.3 is 5.97 Å². The van der Waals surface area contributed by atoms with Gasteiger partial charge in [0.15, 0.2) is 0 Å². The number of hydrogen-bond acceptors (Lipinski definition) is 3. The molecule has 0 aliphatic carbocycles. The minimum atomic E-state index is -0.938. The molecule has 106 valence electrons. The smallest absolute Gasteiger partial charge is 0.326 e. The highest BCUT2D eigenvalue weighted by molar-refractivity contribution is 5.86. The van der Waals surface area contributed by atoms with E-state index in [2.05, 4.69) is 0 Å². The number of benzene rings is 1. The molecule has 2 aliphatic rings. The van der Waals surface area contributed by atoms with E-state index in [0.717, 1.165) is 11.1 Å². The molecule has 1 fully saturated rings. The Morgan fingerprint density at radius 1 is 1.25 bits per heavy atom. The van der Waals surface area contributed by atoms with Crippen molar-refractivity contribution in [2.45, 2.75) is 25.4 Å². The maximum Gasteiger partial charge on any atom is 0.326 e. The fourth-order valence-corrected chi connectivity index (χ4v) is 2.94. The number of ether oxygens (including phenoxy) is 1. The van der Waals surface area contributed by atoms with Gasteiger partial charge in [-0.1, -0.05) is 24.3 Å². The third-order valence-corrected chi connectivity index (χ3v) is 4.10. The first-order valence-electron chi connectivity index (χ1n) is 6.84. The molecule has 2 aliphatic heterocycles. The van der Waals surface area contributed by atoms with Crippen molar-refractivity contribution < 1.29 is 19.4 Å². The molecule has 3 rings (SSSR count). The van der Waals surface area contributed by atoms with Gasteiger partial charge < -0.3 is 14.7 Å². The highest BCUT2D eigenvalue weighted by atomic mass is 16.5. The summed E-state index contributed by atoms with van der Waals surface area (Å²) < 4.78 is 5.24. The molecular weight excluding hydrogens is 258 g/mol. The van der Waals surface area contributed by atoms with Gasteiger partial charge in [-0.15, -0.1) is 0 Å². The van der Waals surface area contributed by atoms with E-state index >= 15 is 0 Å². The lowest BCUT2D eigenvalue weighted by molar-refractivity contribution is -0.153. The second-order valence-electron chi connectivity index (χ2n) is 5.35. The van der Waals surface area contributed by atoms with E-state index in [1.54, 1.807) is 0 Å². The first-order valence-corrected chi connectivity index (χ1v) is 6.84. The van der Waals surface area contributed by atoms with Crippen LogP contribution in [0.2, 0.25) is 0 Å². The van der Waals surface area contributed by atoms with Crippen molar-refractivity contribution in [1.29, 1.82) is 0 Å². The zero-order valence-electron chi connectivity index (χ0n) is 11.1. The van der Waals surface area contributed by atoms with Gasteiger partial charge in [0, 0.05) is 19.6 Å². The predicted molar refractivity (Wildman–Crippen MR) is 71.0 cm³/mol. The van der Waals surface area contributed by atoms with Gasteiger partial charge in [-0.2, -0.15) is 0 Å². The molecule has 5 heteroatoms. The van der Waals surface area contributed by atoms with E-state index in [4.69, 9.17) is 4.74 Å². The summed E-state index contributed by atoms with van der Waals surface area (Å²) in [7, 11) is 0. The van der Waals surface area contributed by atoms with Crippen LogP contribution >= 0.6 is 0 Å². The van der Waals surface area contributed by atoms with Gasteiger partial charge in [0.2, 0.25) is 5.91 Å². The summed E-state index contributed by atoms with van der Waals surface area (Å²) in [5.41, 5.74) is 2.06. The van der Waals surface area contributed by atoms with Gasteiger partial charge in [-0.25, -0.2) is 4.79 Å². The molecule has 0 unspecified atom stereocenters. The number of carboxylic acid groups (broad SMARTS) is 1. The van der Waals surface area contributed by atoms with E-state index in [1.807, 2.05) is 24.3 Å². The zero-order valence-corrected chi connectivity index (χ0v) is 11.1. The summed E-state index contributed by atoms with van der Waals surface area (Å²) in [6.45, 7) is 1.37. The van der Waals surface area contributed by atoms with Crippen LogP contribution in [0.1, 0.15) is 17.5 Å². The van der Waals surface area contributed by atoms with E-state index in [1.165, 1.54) is 4.90 Å². The van der Waals surface area contributed by atoms with E-state index < -0.39 is 12.0 Å². The minimum Gasteiger partial charge on any atom is -0.480 e. The number of nitrogens with zero attached hydrogens (tertiary/aromatic N) is 1. The lowest BCUT2D eigenvalue weighted by Crippen LogP contribution is -2.50. The highest BCUT2D eigenvalue weighted by Gasteiger charge is 2.38. The summed E-state index contributed by atoms with van der Waals surface area (Å²) in [5, 5.41) is 9.40. The number of carbonyl (C=O) groups is 2. The van der Waals surface area contributed by atoms with Gasteiger partial charge in [-0.05, 0) is 17.5 Å². The molecule has 20 heavy (non-hydrogen) atoms. The summed E-state index contributed by atoms with van der Waals surface area (Å²) in [5.74, 6) is -1.22. The number of rotatable bonds is 2. The first-order chi connectivity index (χ1) is 9.66. The van der Waals surface area contributed by atoms with Crippen molar-refractivity contribution in [3.05, 3.63) is 35.4 Å². The van der Waals surface area contributed by atoms with Gasteiger partial charge in [0.25, 0.3) is 0 Å². The Morgan fingerprint density at radius 3 is 2.65 bits per heavy atom. The van der Waals surface area contributed by atoms with Crippen LogP contribution in [0.3, 0.4) is 0 Å². The van der Waals surface area contributed by atoms with Gasteiger partial charge in [0.05, 0.1) is 12.5 Å². The normalized spacial score (nSPS) is 25.3. The Morgan fingerprint density at radius 2 is 2.00 bits per heavy atom. The number of carboxylic acids is 1. The Hall–Kier alpha value is -1.88. The molecule has 0 bridgehead atoms. The largest absolute Gasteiger partial charge is 0.480 e. The maximum atomic E-state index is 12.5. The molecule has 0 saturated carbocycles. The number of carbonyl (C=O) groups excluding carboxylic acids is 1. The van der Waals surface area contributed by atoms with E-state index in [9.17, 15) is 14.7 Å². The summed E-state index contributed by atoms with van der Waals surface area (Å²) in [4.78, 5) is 25.5. The zero-order chi connectivity index (χ0) is 14.1. The molecule has 1 aromatic carbocycles. The van der Waals surface area contributed by atoms with Crippen molar-refractivity contribution in [2.75, 3.05) is 13.2 Å². The summed E-state index contributed by atoms with van der Waals surface area (Å²) in [6, 6.07) is 6.95. The first kappa shape index (κ1) is 13.1. The molecule has 1 saturated heterocycles. The van der Waals surface area contributed by atoms with E-state index in [0.29, 0.717) is 32.6 Å². The SMILES string of the molecule is O=C(O)[C@H]1Cc2ccccc2CN1C(=O)[C@H]1CCOC1. The van der Waals surface area contributed by atoms with Crippen LogP contribution in [0.15, 0.2) is 24.3 Å². The van der Waals surface area contributed by atoms with Crippen LogP contribution in [-0.4, -0.2) is 41.1 Å². The van der Waals surface area contributed by atoms with Crippen molar-refractivity contribution in [1.82, 2.24) is 4.90 Å². The second-order valence-corrected chi connectivity index (χ2v) is 5.35. The maximum absolute atomic E-state index is 12.5. The summed E-state index contributed by atoms with van der Waals surface area (Å²) >= 11 is 0. The van der Waals surface area contributed by atoms with Crippen molar-refractivity contribution in [3.8, 4) is 0 Å². The molecular formula is C15H17NO4. The van der Waals surface area contributed by atoms with Crippen LogP contribution < -0.4 is 0 Å².